The fourth-order valence-corrected chi connectivity index (χ4v) is 3.76. The number of nitrogens with zero attached hydrogens (tertiary/aromatic N) is 4. The SMILES string of the molecule is COc1ccc(NC(=O)N(Cc2nc3n(n2)CCCCC3)c2ccc(C)c(C)c2)cc1. The molecule has 2 aromatic carbocycles. The van der Waals surface area contributed by atoms with Gasteiger partial charge >= 0.3 is 6.03 Å². The third-order valence-corrected chi connectivity index (χ3v) is 5.75. The monoisotopic (exact) mass is 419 g/mol. The molecule has 4 rings (SSSR count). The van der Waals surface area contributed by atoms with Crippen molar-refractivity contribution in [1.82, 2.24) is 14.8 Å². The summed E-state index contributed by atoms with van der Waals surface area (Å²) in [6.45, 7) is 5.32. The van der Waals surface area contributed by atoms with Crippen molar-refractivity contribution in [2.24, 2.45) is 0 Å². The van der Waals surface area contributed by atoms with Crippen molar-refractivity contribution in [3.05, 3.63) is 65.2 Å². The van der Waals surface area contributed by atoms with Gasteiger partial charge in [0.15, 0.2) is 5.82 Å². The zero-order valence-electron chi connectivity index (χ0n) is 18.4. The van der Waals surface area contributed by atoms with Gasteiger partial charge in [-0.05, 0) is 74.2 Å². The number of hydrogen-bond donors (Lipinski definition) is 1. The van der Waals surface area contributed by atoms with Crippen LogP contribution < -0.4 is 15.0 Å². The molecule has 1 aromatic heterocycles. The van der Waals surface area contributed by atoms with Crippen LogP contribution in [-0.4, -0.2) is 27.9 Å². The largest absolute Gasteiger partial charge is 0.497 e. The predicted molar refractivity (Wildman–Crippen MR) is 122 cm³/mol. The maximum Gasteiger partial charge on any atom is 0.326 e. The highest BCUT2D eigenvalue weighted by Crippen LogP contribution is 2.23. The summed E-state index contributed by atoms with van der Waals surface area (Å²) in [7, 11) is 1.62. The molecule has 1 N–H and O–H groups in total. The quantitative estimate of drug-likeness (QED) is 0.640. The summed E-state index contributed by atoms with van der Waals surface area (Å²) in [4.78, 5) is 19.7. The normalized spacial score (nSPS) is 13.3. The van der Waals surface area contributed by atoms with Gasteiger partial charge in [-0.2, -0.15) is 5.10 Å². The lowest BCUT2D eigenvalue weighted by Crippen LogP contribution is -2.35. The molecule has 31 heavy (non-hydrogen) atoms. The number of methoxy groups -OCH3 is 1. The van der Waals surface area contributed by atoms with E-state index in [-0.39, 0.29) is 6.03 Å². The first-order valence-electron chi connectivity index (χ1n) is 10.8. The van der Waals surface area contributed by atoms with E-state index >= 15 is 0 Å². The number of carbonyl (C=O) groups excluding carboxylic acids is 1. The molecule has 1 aliphatic rings. The van der Waals surface area contributed by atoms with E-state index in [4.69, 9.17) is 14.8 Å². The number of benzene rings is 2. The topological polar surface area (TPSA) is 72.3 Å². The Bertz CT molecular complexity index is 1030. The van der Waals surface area contributed by atoms with Crippen molar-refractivity contribution in [1.29, 1.82) is 0 Å². The second-order valence-corrected chi connectivity index (χ2v) is 7.99. The number of ether oxygens (including phenoxy) is 1. The molecule has 0 aliphatic carbocycles. The summed E-state index contributed by atoms with van der Waals surface area (Å²) in [6.07, 6.45) is 4.40. The van der Waals surface area contributed by atoms with Gasteiger partial charge in [0.25, 0.3) is 0 Å². The third kappa shape index (κ3) is 4.87. The minimum atomic E-state index is -0.224. The van der Waals surface area contributed by atoms with E-state index in [0.717, 1.165) is 48.6 Å². The highest BCUT2D eigenvalue weighted by molar-refractivity contribution is 6.01. The standard InChI is InChI=1S/C24H29N5O2/c1-17-8-11-20(15-18(17)2)28(24(30)25-19-9-12-21(31-3)13-10-19)16-22-26-23-7-5-4-6-14-29(23)27-22/h8-13,15H,4-7,14,16H2,1-3H3,(H,25,30). The first kappa shape index (κ1) is 20.9. The van der Waals surface area contributed by atoms with Crippen molar-refractivity contribution in [3.63, 3.8) is 0 Å². The zero-order chi connectivity index (χ0) is 21.8. The highest BCUT2D eigenvalue weighted by Gasteiger charge is 2.21. The van der Waals surface area contributed by atoms with Crippen LogP contribution in [0.5, 0.6) is 5.75 Å². The maximum absolute atomic E-state index is 13.3. The molecule has 7 heteroatoms. The number of rotatable bonds is 5. The Morgan fingerprint density at radius 1 is 1.10 bits per heavy atom. The fourth-order valence-electron chi connectivity index (χ4n) is 3.76. The van der Waals surface area contributed by atoms with E-state index in [1.54, 1.807) is 12.0 Å². The number of amides is 2. The minimum Gasteiger partial charge on any atom is -0.497 e. The lowest BCUT2D eigenvalue weighted by atomic mass is 10.1. The van der Waals surface area contributed by atoms with Crippen LogP contribution in [0.4, 0.5) is 16.2 Å². The number of nitrogens with one attached hydrogen (secondary N) is 1. The van der Waals surface area contributed by atoms with Crippen molar-refractivity contribution >= 4 is 17.4 Å². The molecule has 2 heterocycles. The molecule has 1 aliphatic heterocycles. The second-order valence-electron chi connectivity index (χ2n) is 7.99. The lowest BCUT2D eigenvalue weighted by Gasteiger charge is -2.23. The first-order chi connectivity index (χ1) is 15.0. The molecule has 162 valence electrons. The summed E-state index contributed by atoms with van der Waals surface area (Å²) < 4.78 is 7.20. The average Bonchev–Trinajstić information content (AvgIpc) is 3.03. The second kappa shape index (κ2) is 9.20. The molecule has 0 fully saturated rings. The highest BCUT2D eigenvalue weighted by atomic mass is 16.5. The zero-order valence-corrected chi connectivity index (χ0v) is 18.4. The number of hydrogen-bond acceptors (Lipinski definition) is 4. The van der Waals surface area contributed by atoms with Gasteiger partial charge in [0.2, 0.25) is 0 Å². The summed E-state index contributed by atoms with van der Waals surface area (Å²) in [6, 6.07) is 13.1. The van der Waals surface area contributed by atoms with E-state index < -0.39 is 0 Å². The molecule has 7 nitrogen and oxygen atoms in total. The Kier molecular flexibility index (Phi) is 6.21. The Labute approximate surface area is 183 Å². The molecule has 0 spiro atoms. The first-order valence-corrected chi connectivity index (χ1v) is 10.8. The summed E-state index contributed by atoms with van der Waals surface area (Å²) in [5.74, 6) is 2.43. The van der Waals surface area contributed by atoms with E-state index in [2.05, 4.69) is 19.2 Å². The number of anilines is 2. The van der Waals surface area contributed by atoms with Crippen LogP contribution in [0.15, 0.2) is 42.5 Å². The molecule has 3 aromatic rings. The summed E-state index contributed by atoms with van der Waals surface area (Å²) >= 11 is 0. The minimum absolute atomic E-state index is 0.224. The van der Waals surface area contributed by atoms with Crippen LogP contribution in [0.25, 0.3) is 0 Å². The fraction of sp³-hybridized carbons (Fsp3) is 0.375. The van der Waals surface area contributed by atoms with Crippen LogP contribution in [-0.2, 0) is 19.5 Å². The van der Waals surface area contributed by atoms with Crippen molar-refractivity contribution in [3.8, 4) is 5.75 Å². The van der Waals surface area contributed by atoms with E-state index in [1.165, 1.54) is 12.0 Å². The van der Waals surface area contributed by atoms with Crippen molar-refractivity contribution in [2.45, 2.75) is 52.6 Å². The number of fused-ring (bicyclic) bond motifs is 1. The van der Waals surface area contributed by atoms with Crippen LogP contribution in [0.3, 0.4) is 0 Å². The van der Waals surface area contributed by atoms with Gasteiger partial charge < -0.3 is 10.1 Å². The van der Waals surface area contributed by atoms with Crippen LogP contribution >= 0.6 is 0 Å². The Balaban J connectivity index is 1.60. The maximum atomic E-state index is 13.3. The van der Waals surface area contributed by atoms with Crippen LogP contribution in [0, 0.1) is 13.8 Å². The van der Waals surface area contributed by atoms with Gasteiger partial charge in [0, 0.05) is 24.3 Å². The summed E-state index contributed by atoms with van der Waals surface area (Å²) in [5.41, 5.74) is 3.84. The number of aryl methyl sites for hydroxylation is 4. The summed E-state index contributed by atoms with van der Waals surface area (Å²) in [5, 5.41) is 7.68. The van der Waals surface area contributed by atoms with Gasteiger partial charge in [0.1, 0.15) is 11.6 Å². The Morgan fingerprint density at radius 3 is 2.65 bits per heavy atom. The number of urea groups is 1. The average molecular weight is 420 g/mol. The van der Waals surface area contributed by atoms with Crippen molar-refractivity contribution in [2.75, 3.05) is 17.3 Å². The number of carbonyl (C=O) groups is 1. The van der Waals surface area contributed by atoms with Crippen molar-refractivity contribution < 1.29 is 9.53 Å². The molecule has 0 radical (unpaired) electrons. The van der Waals surface area contributed by atoms with E-state index in [9.17, 15) is 4.79 Å². The molecule has 0 saturated carbocycles. The van der Waals surface area contributed by atoms with Crippen LogP contribution in [0.1, 0.15) is 42.0 Å². The molecule has 2 amide bonds. The molecule has 0 bridgehead atoms. The molecule has 0 atom stereocenters. The van der Waals surface area contributed by atoms with E-state index in [0.29, 0.717) is 18.1 Å². The van der Waals surface area contributed by atoms with Gasteiger partial charge in [-0.1, -0.05) is 12.5 Å². The third-order valence-electron chi connectivity index (χ3n) is 5.75. The van der Waals surface area contributed by atoms with Gasteiger partial charge in [0.05, 0.1) is 13.7 Å². The van der Waals surface area contributed by atoms with Gasteiger partial charge in [-0.15, -0.1) is 0 Å². The lowest BCUT2D eigenvalue weighted by molar-refractivity contribution is 0.256. The predicted octanol–water partition coefficient (Wildman–Crippen LogP) is 4.87. The molecule has 0 saturated heterocycles. The molecule has 0 unspecified atom stereocenters. The molecular formula is C24H29N5O2. The molecular weight excluding hydrogens is 390 g/mol. The number of aromatic nitrogens is 3. The Hall–Kier alpha value is -3.35. The van der Waals surface area contributed by atoms with E-state index in [1.807, 2.05) is 47.1 Å². The van der Waals surface area contributed by atoms with Crippen LogP contribution in [0.2, 0.25) is 0 Å². The Morgan fingerprint density at radius 2 is 1.90 bits per heavy atom. The smallest absolute Gasteiger partial charge is 0.326 e. The van der Waals surface area contributed by atoms with Gasteiger partial charge in [-0.25, -0.2) is 14.5 Å². The van der Waals surface area contributed by atoms with Gasteiger partial charge in [-0.3, -0.25) is 4.90 Å².